The van der Waals surface area contributed by atoms with Crippen LogP contribution in [0.3, 0.4) is 0 Å². The molecule has 5 heterocycles. The fourth-order valence-electron chi connectivity index (χ4n) is 5.98. The number of aryl methyl sites for hydroxylation is 1. The van der Waals surface area contributed by atoms with Crippen LogP contribution < -0.4 is 14.5 Å². The van der Waals surface area contributed by atoms with Crippen LogP contribution in [0.25, 0.3) is 0 Å². The number of rotatable bonds is 3. The van der Waals surface area contributed by atoms with Crippen LogP contribution in [0.15, 0.2) is 29.4 Å². The Morgan fingerprint density at radius 2 is 1.95 bits per heavy atom. The molecule has 3 aliphatic heterocycles. The first kappa shape index (κ1) is 26.1. The molecule has 2 atom stereocenters. The van der Waals surface area contributed by atoms with Gasteiger partial charge in [-0.2, -0.15) is 5.10 Å². The number of aromatic nitrogens is 3. The molecule has 200 valence electrons. The first-order valence-corrected chi connectivity index (χ1v) is 14.4. The van der Waals surface area contributed by atoms with Crippen LogP contribution in [0.5, 0.6) is 0 Å². The largest absolute Gasteiger partial charge is 0.350 e. The molecule has 0 radical (unpaired) electrons. The van der Waals surface area contributed by atoms with Crippen LogP contribution in [0.1, 0.15) is 83.5 Å². The maximum Gasteiger partial charge on any atom is 0.265 e. The van der Waals surface area contributed by atoms with Crippen LogP contribution in [-0.4, -0.2) is 45.2 Å². The summed E-state index contributed by atoms with van der Waals surface area (Å²) in [4.78, 5) is 35.9. The highest BCUT2D eigenvalue weighted by molar-refractivity contribution is 7.97. The molecule has 5 rings (SSSR count). The van der Waals surface area contributed by atoms with Crippen molar-refractivity contribution in [1.82, 2.24) is 19.5 Å². The Labute approximate surface area is 224 Å². The van der Waals surface area contributed by atoms with Gasteiger partial charge in [0.25, 0.3) is 5.91 Å². The number of hydrogen-bond donors (Lipinski definition) is 1. The SMILES string of the molecule is CC(C)(C)CCC1CCN(c2ccc3c(n2)N2CC(CCCn4ccc(n4)SNC3=O)CC2(C)C)C1=O. The molecule has 0 saturated carbocycles. The first-order chi connectivity index (χ1) is 17.5. The summed E-state index contributed by atoms with van der Waals surface area (Å²) in [5.74, 6) is 1.85. The van der Waals surface area contributed by atoms with Gasteiger partial charge in [-0.25, -0.2) is 4.98 Å². The second kappa shape index (κ2) is 9.97. The second-order valence-corrected chi connectivity index (χ2v) is 13.5. The predicted molar refractivity (Wildman–Crippen MR) is 148 cm³/mol. The minimum atomic E-state index is -0.194. The normalized spacial score (nSPS) is 24.1. The van der Waals surface area contributed by atoms with E-state index in [1.165, 1.54) is 11.9 Å². The Bertz CT molecular complexity index is 1170. The molecule has 2 aromatic rings. The molecule has 0 aromatic carbocycles. The molecule has 2 fully saturated rings. The maximum absolute atomic E-state index is 13.4. The molecule has 3 aliphatic rings. The molecule has 9 heteroatoms. The van der Waals surface area contributed by atoms with Crippen molar-refractivity contribution in [1.29, 1.82) is 0 Å². The number of fused-ring (bicyclic) bond motifs is 6. The monoisotopic (exact) mass is 524 g/mol. The highest BCUT2D eigenvalue weighted by atomic mass is 32.2. The molecular formula is C28H40N6O2S. The van der Waals surface area contributed by atoms with E-state index in [1.807, 2.05) is 34.0 Å². The third-order valence-corrected chi connectivity index (χ3v) is 8.73. The van der Waals surface area contributed by atoms with Gasteiger partial charge in [0.2, 0.25) is 5.91 Å². The zero-order chi connectivity index (χ0) is 26.4. The van der Waals surface area contributed by atoms with Crippen LogP contribution in [0.4, 0.5) is 11.6 Å². The van der Waals surface area contributed by atoms with Crippen molar-refractivity contribution in [2.24, 2.45) is 17.3 Å². The Morgan fingerprint density at radius 3 is 2.73 bits per heavy atom. The number of amides is 2. The molecular weight excluding hydrogens is 484 g/mol. The number of carbonyl (C=O) groups excluding carboxylic acids is 2. The fourth-order valence-corrected chi connectivity index (χ4v) is 6.57. The molecule has 2 saturated heterocycles. The Morgan fingerprint density at radius 1 is 1.14 bits per heavy atom. The molecule has 2 amide bonds. The summed E-state index contributed by atoms with van der Waals surface area (Å²) in [5, 5.41) is 5.35. The van der Waals surface area contributed by atoms with Crippen molar-refractivity contribution in [2.75, 3.05) is 22.9 Å². The van der Waals surface area contributed by atoms with Gasteiger partial charge in [-0.15, -0.1) is 0 Å². The van der Waals surface area contributed by atoms with E-state index in [2.05, 4.69) is 49.3 Å². The van der Waals surface area contributed by atoms with Crippen LogP contribution in [0.2, 0.25) is 0 Å². The van der Waals surface area contributed by atoms with E-state index < -0.39 is 0 Å². The fraction of sp³-hybridized carbons (Fsp3) is 0.643. The summed E-state index contributed by atoms with van der Waals surface area (Å²) in [5.41, 5.74) is 0.613. The van der Waals surface area contributed by atoms with Crippen molar-refractivity contribution < 1.29 is 9.59 Å². The standard InChI is InChI=1S/C28H40N6O2S/c1-27(2,3)13-10-20-11-16-33(26(20)36)22-9-8-21-24(29-22)34-18-19(17-28(34,4)5)7-6-14-32-15-12-23(30-32)37-31-25(21)35/h8-9,12,15,19-20H,6-7,10-11,13-14,16-18H2,1-5H3,(H,31,35). The van der Waals surface area contributed by atoms with Crippen LogP contribution >= 0.6 is 11.9 Å². The third-order valence-electron chi connectivity index (χ3n) is 8.02. The smallest absolute Gasteiger partial charge is 0.265 e. The van der Waals surface area contributed by atoms with Crippen LogP contribution in [0, 0.1) is 17.3 Å². The molecule has 2 unspecified atom stereocenters. The molecule has 4 bridgehead atoms. The molecule has 0 spiro atoms. The minimum Gasteiger partial charge on any atom is -0.350 e. The van der Waals surface area contributed by atoms with Crippen molar-refractivity contribution >= 4 is 35.4 Å². The Balaban J connectivity index is 1.46. The van der Waals surface area contributed by atoms with Gasteiger partial charge in [0.15, 0.2) is 0 Å². The third kappa shape index (κ3) is 5.66. The van der Waals surface area contributed by atoms with Crippen molar-refractivity contribution in [3.8, 4) is 0 Å². The topological polar surface area (TPSA) is 83.4 Å². The van der Waals surface area contributed by atoms with Crippen LogP contribution in [-0.2, 0) is 11.3 Å². The average molecular weight is 525 g/mol. The van der Waals surface area contributed by atoms with Gasteiger partial charge in [-0.3, -0.25) is 23.9 Å². The van der Waals surface area contributed by atoms with Gasteiger partial charge in [0.1, 0.15) is 16.7 Å². The molecule has 0 aliphatic carbocycles. The number of anilines is 2. The summed E-state index contributed by atoms with van der Waals surface area (Å²) in [6.07, 6.45) is 7.96. The van der Waals surface area contributed by atoms with Crippen molar-refractivity contribution in [2.45, 2.75) is 90.3 Å². The maximum atomic E-state index is 13.4. The lowest BCUT2D eigenvalue weighted by Gasteiger charge is -2.34. The second-order valence-electron chi connectivity index (χ2n) is 12.7. The summed E-state index contributed by atoms with van der Waals surface area (Å²) >= 11 is 1.23. The number of nitrogens with one attached hydrogen (secondary N) is 1. The van der Waals surface area contributed by atoms with Gasteiger partial charge in [-0.05, 0) is 81.9 Å². The summed E-state index contributed by atoms with van der Waals surface area (Å²) in [7, 11) is 0. The molecule has 37 heavy (non-hydrogen) atoms. The first-order valence-electron chi connectivity index (χ1n) is 13.6. The Hall–Kier alpha value is -2.55. The molecule has 2 aromatic heterocycles. The lowest BCUT2D eigenvalue weighted by atomic mass is 9.86. The average Bonchev–Trinajstić information content (AvgIpc) is 3.51. The minimum absolute atomic E-state index is 0.0433. The number of pyridine rings is 1. The van der Waals surface area contributed by atoms with Gasteiger partial charge >= 0.3 is 0 Å². The van der Waals surface area contributed by atoms with Gasteiger partial charge in [0, 0.05) is 49.2 Å². The predicted octanol–water partition coefficient (Wildman–Crippen LogP) is 5.29. The van der Waals surface area contributed by atoms with Crippen molar-refractivity contribution in [3.63, 3.8) is 0 Å². The summed E-state index contributed by atoms with van der Waals surface area (Å²) < 4.78 is 4.92. The van der Waals surface area contributed by atoms with Gasteiger partial charge in [-0.1, -0.05) is 20.8 Å². The van der Waals surface area contributed by atoms with Gasteiger partial charge in [0.05, 0.1) is 5.56 Å². The molecule has 8 nitrogen and oxygen atoms in total. The van der Waals surface area contributed by atoms with Crippen molar-refractivity contribution in [3.05, 3.63) is 30.0 Å². The van der Waals surface area contributed by atoms with E-state index >= 15 is 0 Å². The van der Waals surface area contributed by atoms with E-state index in [4.69, 9.17) is 4.98 Å². The number of carbonyl (C=O) groups is 2. The van der Waals surface area contributed by atoms with E-state index in [9.17, 15) is 9.59 Å². The highest BCUT2D eigenvalue weighted by Crippen LogP contribution is 2.41. The lowest BCUT2D eigenvalue weighted by molar-refractivity contribution is -0.120. The molecule has 1 N–H and O–H groups in total. The summed E-state index contributed by atoms with van der Waals surface area (Å²) in [6.45, 7) is 13.5. The number of hydrogen-bond acceptors (Lipinski definition) is 6. The van der Waals surface area contributed by atoms with E-state index in [1.54, 1.807) is 0 Å². The highest BCUT2D eigenvalue weighted by Gasteiger charge is 2.41. The number of nitrogens with zero attached hydrogens (tertiary/aromatic N) is 5. The van der Waals surface area contributed by atoms with E-state index in [-0.39, 0.29) is 28.7 Å². The zero-order valence-electron chi connectivity index (χ0n) is 22.8. The van der Waals surface area contributed by atoms with E-state index in [0.29, 0.717) is 29.7 Å². The lowest BCUT2D eigenvalue weighted by Crippen LogP contribution is -2.40. The quantitative estimate of drug-likeness (QED) is 0.549. The summed E-state index contributed by atoms with van der Waals surface area (Å²) in [6, 6.07) is 5.61. The Kier molecular flexibility index (Phi) is 7.02. The van der Waals surface area contributed by atoms with E-state index in [0.717, 1.165) is 56.6 Å². The van der Waals surface area contributed by atoms with Gasteiger partial charge < -0.3 is 4.90 Å². The zero-order valence-corrected chi connectivity index (χ0v) is 23.6.